The third kappa shape index (κ3) is 1.55. The number of hydrogen-bond donors (Lipinski definition) is 2. The molecule has 0 bridgehead atoms. The lowest BCUT2D eigenvalue weighted by Gasteiger charge is -2.04. The minimum absolute atomic E-state index is 0.0372. The second kappa shape index (κ2) is 3.20. The van der Waals surface area contributed by atoms with E-state index in [4.69, 9.17) is 5.11 Å². The van der Waals surface area contributed by atoms with Crippen molar-refractivity contribution in [2.75, 3.05) is 5.32 Å². The molecule has 15 heavy (non-hydrogen) atoms. The summed E-state index contributed by atoms with van der Waals surface area (Å²) in [5.41, 5.74) is 1.49. The van der Waals surface area contributed by atoms with Crippen LogP contribution < -0.4 is 5.32 Å². The van der Waals surface area contributed by atoms with Crippen molar-refractivity contribution >= 4 is 11.6 Å². The number of anilines is 1. The lowest BCUT2D eigenvalue weighted by atomic mass is 10.5. The molecule has 2 aromatic heterocycles. The van der Waals surface area contributed by atoms with Crippen molar-refractivity contribution in [2.45, 2.75) is 25.5 Å². The van der Waals surface area contributed by atoms with E-state index in [1.54, 1.807) is 6.20 Å². The maximum absolute atomic E-state index is 9.01. The van der Waals surface area contributed by atoms with Gasteiger partial charge in [0.15, 0.2) is 0 Å². The van der Waals surface area contributed by atoms with Crippen LogP contribution in [-0.4, -0.2) is 25.5 Å². The highest BCUT2D eigenvalue weighted by Crippen LogP contribution is 2.24. The topological polar surface area (TPSA) is 62.5 Å². The van der Waals surface area contributed by atoms with Crippen molar-refractivity contribution in [1.82, 2.24) is 14.4 Å². The quantitative estimate of drug-likeness (QED) is 0.776. The Hall–Kier alpha value is -1.62. The maximum atomic E-state index is 9.01. The van der Waals surface area contributed by atoms with Gasteiger partial charge in [-0.2, -0.15) is 0 Å². The highest BCUT2D eigenvalue weighted by atomic mass is 16.3. The van der Waals surface area contributed by atoms with Crippen LogP contribution in [0.4, 0.5) is 5.95 Å². The number of fused-ring (bicyclic) bond motifs is 1. The fourth-order valence-electron chi connectivity index (χ4n) is 1.56. The number of nitrogens with one attached hydrogen (secondary N) is 1. The Labute approximate surface area is 86.8 Å². The molecule has 0 spiro atoms. The fraction of sp³-hybridized carbons (Fsp3) is 0.400. The predicted octanol–water partition coefficient (Wildman–Crippen LogP) is 0.796. The van der Waals surface area contributed by atoms with Gasteiger partial charge in [-0.1, -0.05) is 0 Å². The van der Waals surface area contributed by atoms with Crippen molar-refractivity contribution in [3.05, 3.63) is 24.2 Å². The zero-order valence-electron chi connectivity index (χ0n) is 8.22. The van der Waals surface area contributed by atoms with Crippen LogP contribution in [0.1, 0.15) is 18.5 Å². The van der Waals surface area contributed by atoms with E-state index in [1.165, 1.54) is 12.8 Å². The van der Waals surface area contributed by atoms with E-state index in [9.17, 15) is 0 Å². The van der Waals surface area contributed by atoms with Crippen LogP contribution in [0.2, 0.25) is 0 Å². The standard InChI is InChI=1S/C10H12N4O/c15-6-8-5-14-9(12-8)3-4-11-10(14)13-7-1-2-7/h3-5,7,15H,1-2,6H2,(H,11,13). The highest BCUT2D eigenvalue weighted by Gasteiger charge is 2.22. The molecule has 0 amide bonds. The van der Waals surface area contributed by atoms with E-state index in [1.807, 2.05) is 16.7 Å². The third-order valence-corrected chi connectivity index (χ3v) is 2.50. The first-order valence-electron chi connectivity index (χ1n) is 5.07. The fourth-order valence-corrected chi connectivity index (χ4v) is 1.56. The summed E-state index contributed by atoms with van der Waals surface area (Å²) >= 11 is 0. The van der Waals surface area contributed by atoms with Gasteiger partial charge in [-0.25, -0.2) is 9.97 Å². The number of aliphatic hydroxyl groups excluding tert-OH is 1. The number of hydrogen-bond acceptors (Lipinski definition) is 4. The molecule has 5 heteroatoms. The summed E-state index contributed by atoms with van der Waals surface area (Å²) in [5.74, 6) is 0.808. The smallest absolute Gasteiger partial charge is 0.208 e. The first-order chi connectivity index (χ1) is 7.36. The van der Waals surface area contributed by atoms with Gasteiger partial charge in [0.25, 0.3) is 0 Å². The van der Waals surface area contributed by atoms with E-state index >= 15 is 0 Å². The van der Waals surface area contributed by atoms with Gasteiger partial charge in [0.2, 0.25) is 5.95 Å². The minimum atomic E-state index is -0.0372. The van der Waals surface area contributed by atoms with E-state index in [-0.39, 0.29) is 6.61 Å². The number of imidazole rings is 1. The highest BCUT2D eigenvalue weighted by molar-refractivity contribution is 5.47. The lowest BCUT2D eigenvalue weighted by Crippen LogP contribution is -2.07. The molecule has 1 fully saturated rings. The van der Waals surface area contributed by atoms with Crippen molar-refractivity contribution in [1.29, 1.82) is 0 Å². The molecule has 0 aliphatic heterocycles. The summed E-state index contributed by atoms with van der Waals surface area (Å²) in [6.45, 7) is -0.0372. The zero-order valence-corrected chi connectivity index (χ0v) is 8.22. The van der Waals surface area contributed by atoms with Crippen molar-refractivity contribution < 1.29 is 5.11 Å². The molecular formula is C10H12N4O. The predicted molar refractivity (Wildman–Crippen MR) is 55.6 cm³/mol. The first-order valence-corrected chi connectivity index (χ1v) is 5.07. The third-order valence-electron chi connectivity index (χ3n) is 2.50. The summed E-state index contributed by atoms with van der Waals surface area (Å²) in [7, 11) is 0. The second-order valence-corrected chi connectivity index (χ2v) is 3.81. The molecule has 0 unspecified atom stereocenters. The number of nitrogens with zero attached hydrogens (tertiary/aromatic N) is 3. The van der Waals surface area contributed by atoms with Crippen LogP contribution in [0, 0.1) is 0 Å². The van der Waals surface area contributed by atoms with Gasteiger partial charge in [-0.3, -0.25) is 4.40 Å². The van der Waals surface area contributed by atoms with Gasteiger partial charge in [-0.15, -0.1) is 0 Å². The molecule has 1 saturated carbocycles. The van der Waals surface area contributed by atoms with Crippen LogP contribution in [0.15, 0.2) is 18.5 Å². The van der Waals surface area contributed by atoms with E-state index in [2.05, 4.69) is 15.3 Å². The van der Waals surface area contributed by atoms with Gasteiger partial charge >= 0.3 is 0 Å². The molecular weight excluding hydrogens is 192 g/mol. The summed E-state index contributed by atoms with van der Waals surface area (Å²) in [6, 6.07) is 2.39. The van der Waals surface area contributed by atoms with Gasteiger partial charge in [0.05, 0.1) is 12.3 Å². The second-order valence-electron chi connectivity index (χ2n) is 3.81. The SMILES string of the molecule is OCc1cn2c(NC3CC3)nccc2n1. The van der Waals surface area contributed by atoms with Gasteiger partial charge in [0.1, 0.15) is 5.65 Å². The molecule has 0 saturated heterocycles. The van der Waals surface area contributed by atoms with Crippen LogP contribution in [0.3, 0.4) is 0 Å². The van der Waals surface area contributed by atoms with Crippen LogP contribution >= 0.6 is 0 Å². The van der Waals surface area contributed by atoms with Gasteiger partial charge in [0, 0.05) is 18.4 Å². The molecule has 78 valence electrons. The molecule has 2 aromatic rings. The molecule has 2 N–H and O–H groups in total. The van der Waals surface area contributed by atoms with E-state index in [0.29, 0.717) is 11.7 Å². The van der Waals surface area contributed by atoms with E-state index in [0.717, 1.165) is 11.6 Å². The van der Waals surface area contributed by atoms with Crippen LogP contribution in [0.5, 0.6) is 0 Å². The molecule has 0 aromatic carbocycles. The molecule has 0 radical (unpaired) electrons. The van der Waals surface area contributed by atoms with Crippen molar-refractivity contribution in [2.24, 2.45) is 0 Å². The molecule has 3 rings (SSSR count). The van der Waals surface area contributed by atoms with Crippen LogP contribution in [0.25, 0.3) is 5.65 Å². The number of aliphatic hydroxyl groups is 1. The zero-order chi connectivity index (χ0) is 10.3. The Morgan fingerprint density at radius 2 is 2.40 bits per heavy atom. The average molecular weight is 204 g/mol. The number of rotatable bonds is 3. The Bertz CT molecular complexity index is 489. The monoisotopic (exact) mass is 204 g/mol. The van der Waals surface area contributed by atoms with Crippen molar-refractivity contribution in [3.8, 4) is 0 Å². The Morgan fingerprint density at radius 1 is 1.53 bits per heavy atom. The van der Waals surface area contributed by atoms with E-state index < -0.39 is 0 Å². The Balaban J connectivity index is 2.06. The number of aromatic nitrogens is 3. The summed E-state index contributed by atoms with van der Waals surface area (Å²) < 4.78 is 1.88. The lowest BCUT2D eigenvalue weighted by molar-refractivity contribution is 0.277. The van der Waals surface area contributed by atoms with Gasteiger partial charge < -0.3 is 10.4 Å². The Morgan fingerprint density at radius 3 is 3.13 bits per heavy atom. The van der Waals surface area contributed by atoms with Crippen LogP contribution in [-0.2, 0) is 6.61 Å². The first kappa shape index (κ1) is 8.67. The molecule has 0 atom stereocenters. The summed E-state index contributed by atoms with van der Waals surface area (Å²) in [4.78, 5) is 8.52. The normalized spacial score (nSPS) is 15.8. The van der Waals surface area contributed by atoms with Gasteiger partial charge in [-0.05, 0) is 18.9 Å². The summed E-state index contributed by atoms with van der Waals surface area (Å²) in [5, 5.41) is 12.3. The molecule has 2 heterocycles. The molecule has 1 aliphatic carbocycles. The molecule has 1 aliphatic rings. The minimum Gasteiger partial charge on any atom is -0.390 e. The average Bonchev–Trinajstić information content (AvgIpc) is 2.96. The molecule has 5 nitrogen and oxygen atoms in total. The maximum Gasteiger partial charge on any atom is 0.208 e. The summed E-state index contributed by atoms with van der Waals surface area (Å²) in [6.07, 6.45) is 5.96. The largest absolute Gasteiger partial charge is 0.390 e. The Kier molecular flexibility index (Phi) is 1.85. The van der Waals surface area contributed by atoms with Crippen molar-refractivity contribution in [3.63, 3.8) is 0 Å².